The zero-order valence-electron chi connectivity index (χ0n) is 10.6. The van der Waals surface area contributed by atoms with E-state index in [4.69, 9.17) is 10.5 Å². The van der Waals surface area contributed by atoms with Gasteiger partial charge in [0.15, 0.2) is 0 Å². The second-order valence-corrected chi connectivity index (χ2v) is 6.62. The van der Waals surface area contributed by atoms with Crippen molar-refractivity contribution >= 4 is 10.0 Å². The van der Waals surface area contributed by atoms with Crippen molar-refractivity contribution in [2.75, 3.05) is 26.0 Å². The van der Waals surface area contributed by atoms with Crippen molar-refractivity contribution in [2.45, 2.75) is 32.7 Å². The molecular formula is C10H24N2O3S. The molecule has 3 N–H and O–H groups in total. The first-order valence-corrected chi connectivity index (χ1v) is 7.10. The van der Waals surface area contributed by atoms with Crippen molar-refractivity contribution in [1.82, 2.24) is 4.72 Å². The van der Waals surface area contributed by atoms with Gasteiger partial charge in [0.1, 0.15) is 0 Å². The van der Waals surface area contributed by atoms with E-state index in [2.05, 4.69) is 4.72 Å². The Hall–Kier alpha value is -0.170. The van der Waals surface area contributed by atoms with Crippen LogP contribution in [-0.2, 0) is 14.8 Å². The number of ether oxygens (including phenoxy) is 1. The maximum Gasteiger partial charge on any atom is 0.214 e. The summed E-state index contributed by atoms with van der Waals surface area (Å²) >= 11 is 0. The van der Waals surface area contributed by atoms with Gasteiger partial charge in [-0.15, -0.1) is 0 Å². The molecule has 0 aliphatic heterocycles. The molecule has 0 aromatic carbocycles. The van der Waals surface area contributed by atoms with Gasteiger partial charge in [-0.1, -0.05) is 13.8 Å². The minimum absolute atomic E-state index is 0.0306. The molecule has 5 nitrogen and oxygen atoms in total. The highest BCUT2D eigenvalue weighted by molar-refractivity contribution is 7.89. The highest BCUT2D eigenvalue weighted by atomic mass is 32.2. The molecule has 0 heterocycles. The summed E-state index contributed by atoms with van der Waals surface area (Å²) in [5.41, 5.74) is 5.06. The van der Waals surface area contributed by atoms with Crippen LogP contribution in [0.2, 0.25) is 0 Å². The number of hydrogen-bond acceptors (Lipinski definition) is 4. The number of hydrogen-bond donors (Lipinski definition) is 2. The van der Waals surface area contributed by atoms with E-state index in [-0.39, 0.29) is 18.9 Å². The maximum atomic E-state index is 11.7. The average Bonchev–Trinajstić information content (AvgIpc) is 2.12. The first-order valence-electron chi connectivity index (χ1n) is 5.45. The average molecular weight is 252 g/mol. The third-order valence-electron chi connectivity index (χ3n) is 2.27. The molecule has 16 heavy (non-hydrogen) atoms. The molecule has 0 spiro atoms. The molecule has 0 saturated carbocycles. The van der Waals surface area contributed by atoms with Gasteiger partial charge in [0.2, 0.25) is 10.0 Å². The molecule has 0 aromatic heterocycles. The van der Waals surface area contributed by atoms with Crippen LogP contribution in [0.4, 0.5) is 0 Å². The normalized spacial score (nSPS) is 16.4. The first-order chi connectivity index (χ1) is 7.24. The molecule has 1 atom stereocenters. The Morgan fingerprint density at radius 3 is 2.38 bits per heavy atom. The SMILES string of the molecule is COCCS(=O)(=O)NC(C)(CN)CC(C)C. The van der Waals surface area contributed by atoms with Gasteiger partial charge in [0.25, 0.3) is 0 Å². The number of rotatable bonds is 8. The van der Waals surface area contributed by atoms with Crippen LogP contribution in [0.3, 0.4) is 0 Å². The summed E-state index contributed by atoms with van der Waals surface area (Å²) in [4.78, 5) is 0. The smallest absolute Gasteiger partial charge is 0.214 e. The Bertz CT molecular complexity index is 290. The maximum absolute atomic E-state index is 11.7. The predicted molar refractivity (Wildman–Crippen MR) is 65.7 cm³/mol. The van der Waals surface area contributed by atoms with Gasteiger partial charge in [-0.3, -0.25) is 0 Å². The Morgan fingerprint density at radius 2 is 2.00 bits per heavy atom. The Balaban J connectivity index is 4.51. The fourth-order valence-electron chi connectivity index (χ4n) is 1.69. The summed E-state index contributed by atoms with van der Waals surface area (Å²) in [6.45, 7) is 6.39. The lowest BCUT2D eigenvalue weighted by atomic mass is 9.92. The van der Waals surface area contributed by atoms with E-state index in [1.54, 1.807) is 0 Å². The molecule has 0 radical (unpaired) electrons. The van der Waals surface area contributed by atoms with Gasteiger partial charge in [0.05, 0.1) is 12.4 Å². The van der Waals surface area contributed by atoms with Crippen molar-refractivity contribution in [2.24, 2.45) is 11.7 Å². The lowest BCUT2D eigenvalue weighted by Crippen LogP contribution is -2.52. The molecular weight excluding hydrogens is 228 g/mol. The van der Waals surface area contributed by atoms with Gasteiger partial charge in [0, 0.05) is 19.2 Å². The summed E-state index contributed by atoms with van der Waals surface area (Å²) in [6.07, 6.45) is 0.718. The van der Waals surface area contributed by atoms with Gasteiger partial charge < -0.3 is 10.5 Å². The van der Waals surface area contributed by atoms with E-state index < -0.39 is 15.6 Å². The van der Waals surface area contributed by atoms with Crippen LogP contribution in [0, 0.1) is 5.92 Å². The number of methoxy groups -OCH3 is 1. The molecule has 0 aliphatic carbocycles. The van der Waals surface area contributed by atoms with E-state index in [1.807, 2.05) is 20.8 Å². The molecule has 6 heteroatoms. The van der Waals surface area contributed by atoms with Gasteiger partial charge >= 0.3 is 0 Å². The summed E-state index contributed by atoms with van der Waals surface area (Å²) in [7, 11) is -1.84. The number of sulfonamides is 1. The van der Waals surface area contributed by atoms with Crippen LogP contribution in [0.1, 0.15) is 27.2 Å². The quantitative estimate of drug-likeness (QED) is 0.651. The lowest BCUT2D eigenvalue weighted by Gasteiger charge is -2.30. The van der Waals surface area contributed by atoms with Crippen LogP contribution >= 0.6 is 0 Å². The number of nitrogens with two attached hydrogens (primary N) is 1. The molecule has 0 aromatic rings. The fraction of sp³-hybridized carbons (Fsp3) is 1.00. The standard InChI is InChI=1S/C10H24N2O3S/c1-9(2)7-10(3,8-11)12-16(13,14)6-5-15-4/h9,12H,5-8,11H2,1-4H3. The van der Waals surface area contributed by atoms with E-state index in [0.29, 0.717) is 5.92 Å². The molecule has 0 fully saturated rings. The molecule has 0 aliphatic rings. The third kappa shape index (κ3) is 6.42. The summed E-state index contributed by atoms with van der Waals surface area (Å²) in [5.74, 6) is 0.357. The monoisotopic (exact) mass is 252 g/mol. The highest BCUT2D eigenvalue weighted by Gasteiger charge is 2.28. The zero-order valence-corrected chi connectivity index (χ0v) is 11.4. The van der Waals surface area contributed by atoms with Crippen LogP contribution in [0.5, 0.6) is 0 Å². The largest absolute Gasteiger partial charge is 0.384 e. The highest BCUT2D eigenvalue weighted by Crippen LogP contribution is 2.16. The molecule has 0 saturated heterocycles. The lowest BCUT2D eigenvalue weighted by molar-refractivity contribution is 0.216. The van der Waals surface area contributed by atoms with E-state index in [0.717, 1.165) is 6.42 Å². The van der Waals surface area contributed by atoms with E-state index in [9.17, 15) is 8.42 Å². The van der Waals surface area contributed by atoms with Crippen molar-refractivity contribution in [3.8, 4) is 0 Å². The van der Waals surface area contributed by atoms with E-state index >= 15 is 0 Å². The van der Waals surface area contributed by atoms with Gasteiger partial charge in [-0.2, -0.15) is 0 Å². The van der Waals surface area contributed by atoms with Crippen molar-refractivity contribution < 1.29 is 13.2 Å². The fourth-order valence-corrected chi connectivity index (χ4v) is 3.09. The topological polar surface area (TPSA) is 81.4 Å². The van der Waals surface area contributed by atoms with Crippen LogP contribution in [0.25, 0.3) is 0 Å². The molecule has 0 rings (SSSR count). The second kappa shape index (κ2) is 6.54. The Labute approximate surface area is 98.8 Å². The van der Waals surface area contributed by atoms with Crippen LogP contribution in [-0.4, -0.2) is 40.0 Å². The minimum atomic E-state index is -3.31. The van der Waals surface area contributed by atoms with Crippen molar-refractivity contribution in [3.63, 3.8) is 0 Å². The Morgan fingerprint density at radius 1 is 1.44 bits per heavy atom. The first kappa shape index (κ1) is 15.8. The second-order valence-electron chi connectivity index (χ2n) is 4.78. The van der Waals surface area contributed by atoms with Crippen molar-refractivity contribution in [1.29, 1.82) is 0 Å². The summed E-state index contributed by atoms with van der Waals surface area (Å²) in [5, 5.41) is 0. The van der Waals surface area contributed by atoms with Gasteiger partial charge in [-0.25, -0.2) is 13.1 Å². The molecule has 98 valence electrons. The molecule has 0 bridgehead atoms. The summed E-state index contributed by atoms with van der Waals surface area (Å²) in [6, 6.07) is 0. The third-order valence-corrected chi connectivity index (χ3v) is 3.78. The van der Waals surface area contributed by atoms with Crippen molar-refractivity contribution in [3.05, 3.63) is 0 Å². The zero-order chi connectivity index (χ0) is 12.8. The molecule has 0 amide bonds. The van der Waals surface area contributed by atoms with Crippen LogP contribution < -0.4 is 10.5 Å². The van der Waals surface area contributed by atoms with Crippen LogP contribution in [0.15, 0.2) is 0 Å². The predicted octanol–water partition coefficient (Wildman–Crippen LogP) is 0.316. The minimum Gasteiger partial charge on any atom is -0.384 e. The summed E-state index contributed by atoms with van der Waals surface area (Å²) < 4.78 is 30.8. The van der Waals surface area contributed by atoms with E-state index in [1.165, 1.54) is 7.11 Å². The number of nitrogens with one attached hydrogen (secondary N) is 1. The Kier molecular flexibility index (Phi) is 6.47. The van der Waals surface area contributed by atoms with Gasteiger partial charge in [-0.05, 0) is 19.3 Å². The molecule has 1 unspecified atom stereocenters.